The van der Waals surface area contributed by atoms with Crippen molar-refractivity contribution in [1.82, 2.24) is 9.80 Å². The molecule has 1 saturated carbocycles. The van der Waals surface area contributed by atoms with E-state index in [4.69, 9.17) is 9.47 Å². The average Bonchev–Trinajstić information content (AvgIpc) is 3.34. The number of amides is 1. The first-order chi connectivity index (χ1) is 20.8. The van der Waals surface area contributed by atoms with Gasteiger partial charge in [-0.2, -0.15) is 0 Å². The lowest BCUT2D eigenvalue weighted by molar-refractivity contribution is -0.146. The lowest BCUT2D eigenvalue weighted by Gasteiger charge is -2.60. The van der Waals surface area contributed by atoms with Gasteiger partial charge in [0.25, 0.3) is 0 Å². The van der Waals surface area contributed by atoms with Gasteiger partial charge in [-0.05, 0) is 95.4 Å². The highest BCUT2D eigenvalue weighted by molar-refractivity contribution is 5.78. The molecule has 0 aromatic heterocycles. The van der Waals surface area contributed by atoms with E-state index in [1.54, 1.807) is 14.0 Å². The number of hydrogen-bond donors (Lipinski definition) is 0. The van der Waals surface area contributed by atoms with E-state index in [-0.39, 0.29) is 35.3 Å². The zero-order valence-electron chi connectivity index (χ0n) is 26.6. The monoisotopic (exact) mass is 586 g/mol. The number of aryl methyl sites for hydroxylation is 1. The van der Waals surface area contributed by atoms with E-state index in [9.17, 15) is 9.59 Å². The molecule has 2 bridgehead atoms. The van der Waals surface area contributed by atoms with E-state index in [2.05, 4.69) is 60.0 Å². The number of benzene rings is 2. The summed E-state index contributed by atoms with van der Waals surface area (Å²) in [6.45, 7) is 7.45. The number of ether oxygens (including phenoxy) is 2. The topological polar surface area (TPSA) is 59.1 Å². The Bertz CT molecular complexity index is 1310. The maximum absolute atomic E-state index is 13.9. The van der Waals surface area contributed by atoms with E-state index in [1.165, 1.54) is 36.0 Å². The number of carbonyl (C=O) groups excluding carboxylic acids is 2. The van der Waals surface area contributed by atoms with Crippen LogP contribution in [0.2, 0.25) is 0 Å². The molecular formula is C37H50N2O4. The van der Waals surface area contributed by atoms with Gasteiger partial charge >= 0.3 is 0 Å². The SMILES string of the molecule is COc1ccc2c3c1O[C@H]1[C@H](N(C(=O)CCCCCCCc4ccccc4)C(C)C)CC[C@H]4[C@@H](C2)N(CC(C)=O)CC[C@@]341. The maximum Gasteiger partial charge on any atom is 0.223 e. The summed E-state index contributed by atoms with van der Waals surface area (Å²) in [7, 11) is 1.73. The standard InChI is InChI=1S/C37H50N2O4/c1-25(2)39(33(41)16-12-7-5-6-9-13-27-14-10-8-11-15-27)30-19-18-29-31-23-28-17-20-32(42-4)35-34(28)37(29,36(30)43-35)21-22-38(31)24-26(3)40/h8,10-11,14-15,17,20,25,29-31,36H,5-7,9,12-13,16,18-19,21-24H2,1-4H3/t29-,30+,31+,36-,37-/m0/s1. The molecule has 2 aromatic carbocycles. The van der Waals surface area contributed by atoms with Crippen LogP contribution >= 0.6 is 0 Å². The fraction of sp³-hybridized carbons (Fsp3) is 0.622. The highest BCUT2D eigenvalue weighted by Gasteiger charge is 2.66. The quantitative estimate of drug-likeness (QED) is 0.251. The number of rotatable bonds is 13. The average molecular weight is 587 g/mol. The highest BCUT2D eigenvalue weighted by Crippen LogP contribution is 2.64. The largest absolute Gasteiger partial charge is 0.493 e. The molecule has 2 heterocycles. The van der Waals surface area contributed by atoms with E-state index in [0.717, 1.165) is 63.0 Å². The van der Waals surface area contributed by atoms with Gasteiger partial charge < -0.3 is 14.4 Å². The van der Waals surface area contributed by atoms with Gasteiger partial charge in [-0.3, -0.25) is 14.5 Å². The van der Waals surface area contributed by atoms with Crippen molar-refractivity contribution < 1.29 is 19.1 Å². The summed E-state index contributed by atoms with van der Waals surface area (Å²) >= 11 is 0. The number of piperidine rings is 1. The van der Waals surface area contributed by atoms with Crippen molar-refractivity contribution in [3.05, 3.63) is 59.2 Å². The maximum atomic E-state index is 13.9. The zero-order valence-corrected chi connectivity index (χ0v) is 26.6. The fourth-order valence-electron chi connectivity index (χ4n) is 9.28. The van der Waals surface area contributed by atoms with Gasteiger partial charge in [-0.25, -0.2) is 0 Å². The Kier molecular flexibility index (Phi) is 8.86. The summed E-state index contributed by atoms with van der Waals surface area (Å²) in [5, 5.41) is 0. The molecule has 6 rings (SSSR count). The third-order valence-corrected chi connectivity index (χ3v) is 10.9. The van der Waals surface area contributed by atoms with E-state index >= 15 is 0 Å². The molecule has 1 saturated heterocycles. The van der Waals surface area contributed by atoms with Crippen molar-refractivity contribution in [2.45, 2.75) is 121 Å². The number of ketones is 1. The Hall–Kier alpha value is -2.86. The molecule has 6 heteroatoms. The van der Waals surface area contributed by atoms with E-state index in [0.29, 0.717) is 24.9 Å². The molecule has 2 fully saturated rings. The van der Waals surface area contributed by atoms with Gasteiger partial charge in [0.05, 0.1) is 19.7 Å². The number of methoxy groups -OCH3 is 1. The number of likely N-dealkylation sites (tertiary alicyclic amines) is 1. The predicted octanol–water partition coefficient (Wildman–Crippen LogP) is 6.51. The summed E-state index contributed by atoms with van der Waals surface area (Å²) < 4.78 is 12.8. The fourth-order valence-corrected chi connectivity index (χ4v) is 9.28. The van der Waals surface area contributed by atoms with Crippen LogP contribution < -0.4 is 9.47 Å². The molecule has 5 atom stereocenters. The molecule has 2 aliphatic carbocycles. The van der Waals surface area contributed by atoms with Gasteiger partial charge in [0.2, 0.25) is 5.91 Å². The first-order valence-electron chi connectivity index (χ1n) is 16.8. The van der Waals surface area contributed by atoms with Gasteiger partial charge in [0, 0.05) is 29.5 Å². The Morgan fingerprint density at radius 2 is 1.81 bits per heavy atom. The zero-order chi connectivity index (χ0) is 30.1. The molecule has 1 spiro atoms. The minimum atomic E-state index is -0.134. The summed E-state index contributed by atoms with van der Waals surface area (Å²) in [5.74, 6) is 2.64. The molecular weight excluding hydrogens is 536 g/mol. The van der Waals surface area contributed by atoms with Crippen molar-refractivity contribution in [2.75, 3.05) is 20.2 Å². The number of unbranched alkanes of at least 4 members (excludes halogenated alkanes) is 4. The Morgan fingerprint density at radius 1 is 1.05 bits per heavy atom. The third-order valence-electron chi connectivity index (χ3n) is 10.9. The summed E-state index contributed by atoms with van der Waals surface area (Å²) in [5.41, 5.74) is 3.96. The smallest absolute Gasteiger partial charge is 0.223 e. The molecule has 2 aliphatic heterocycles. The van der Waals surface area contributed by atoms with Crippen LogP contribution in [0.5, 0.6) is 11.5 Å². The van der Waals surface area contributed by atoms with Crippen LogP contribution in [0.25, 0.3) is 0 Å². The second-order valence-electron chi connectivity index (χ2n) is 13.8. The van der Waals surface area contributed by atoms with Crippen LogP contribution in [0.1, 0.15) is 95.2 Å². The first kappa shape index (κ1) is 30.2. The third kappa shape index (κ3) is 5.49. The molecule has 0 N–H and O–H groups in total. The highest BCUT2D eigenvalue weighted by atomic mass is 16.5. The number of carbonyl (C=O) groups is 2. The minimum absolute atomic E-state index is 0.0395. The predicted molar refractivity (Wildman–Crippen MR) is 170 cm³/mol. The van der Waals surface area contributed by atoms with Gasteiger partial charge in [0.15, 0.2) is 11.5 Å². The van der Waals surface area contributed by atoms with Gasteiger partial charge in [-0.15, -0.1) is 0 Å². The number of nitrogens with zero attached hydrogens (tertiary/aromatic N) is 2. The van der Waals surface area contributed by atoms with Crippen LogP contribution in [0.4, 0.5) is 0 Å². The lowest BCUT2D eigenvalue weighted by atomic mass is 9.51. The molecule has 4 aliphatic rings. The van der Waals surface area contributed by atoms with E-state index < -0.39 is 0 Å². The van der Waals surface area contributed by atoms with Crippen molar-refractivity contribution in [3.8, 4) is 11.5 Å². The van der Waals surface area contributed by atoms with Crippen LogP contribution in [-0.4, -0.2) is 65.9 Å². The molecule has 2 aromatic rings. The lowest BCUT2D eigenvalue weighted by Crippen LogP contribution is -2.70. The number of Topliss-reactive ketones (excluding diaryl/α,β-unsaturated/α-hetero) is 1. The molecule has 1 amide bonds. The first-order valence-corrected chi connectivity index (χ1v) is 16.8. The summed E-state index contributed by atoms with van der Waals surface area (Å²) in [4.78, 5) is 30.8. The molecule has 0 radical (unpaired) electrons. The Balaban J connectivity index is 1.16. The molecule has 6 nitrogen and oxygen atoms in total. The minimum Gasteiger partial charge on any atom is -0.493 e. The normalized spacial score (nSPS) is 27.0. The summed E-state index contributed by atoms with van der Waals surface area (Å²) in [6.07, 6.45) is 11.2. The van der Waals surface area contributed by atoms with Crippen LogP contribution in [0.15, 0.2) is 42.5 Å². The second kappa shape index (κ2) is 12.6. The molecule has 0 unspecified atom stereocenters. The number of hydrogen-bond acceptors (Lipinski definition) is 5. The Labute approximate surface area is 258 Å². The van der Waals surface area contributed by atoms with Crippen molar-refractivity contribution in [1.29, 1.82) is 0 Å². The van der Waals surface area contributed by atoms with Crippen molar-refractivity contribution in [2.24, 2.45) is 5.92 Å². The van der Waals surface area contributed by atoms with Gasteiger partial charge in [0.1, 0.15) is 11.9 Å². The molecule has 232 valence electrons. The van der Waals surface area contributed by atoms with E-state index in [1.807, 2.05) is 6.07 Å². The van der Waals surface area contributed by atoms with Crippen LogP contribution in [-0.2, 0) is 27.8 Å². The van der Waals surface area contributed by atoms with Crippen LogP contribution in [0.3, 0.4) is 0 Å². The van der Waals surface area contributed by atoms with Crippen molar-refractivity contribution in [3.63, 3.8) is 0 Å². The molecule has 43 heavy (non-hydrogen) atoms. The second-order valence-corrected chi connectivity index (χ2v) is 13.8. The van der Waals surface area contributed by atoms with Gasteiger partial charge in [-0.1, -0.05) is 55.7 Å². The van der Waals surface area contributed by atoms with Crippen molar-refractivity contribution >= 4 is 11.7 Å². The summed E-state index contributed by atoms with van der Waals surface area (Å²) in [6, 6.07) is 15.5. The van der Waals surface area contributed by atoms with Crippen LogP contribution in [0, 0.1) is 5.92 Å². The Morgan fingerprint density at radius 3 is 2.56 bits per heavy atom.